The SMILES string of the molecule is Cc1sc2ncnc(N3CCN(Cc4ccc(C#N)cc4)CC3)c2c1C. The fourth-order valence-corrected chi connectivity index (χ4v) is 4.46. The number of piperazine rings is 1. The molecule has 0 N–H and O–H groups in total. The highest BCUT2D eigenvalue weighted by Gasteiger charge is 2.22. The number of aryl methyl sites for hydroxylation is 2. The molecule has 4 rings (SSSR count). The Morgan fingerprint density at radius 2 is 1.81 bits per heavy atom. The number of anilines is 1. The number of hydrogen-bond donors (Lipinski definition) is 0. The van der Waals surface area contributed by atoms with Crippen LogP contribution in [0.3, 0.4) is 0 Å². The molecule has 5 nitrogen and oxygen atoms in total. The number of nitriles is 1. The normalized spacial score (nSPS) is 15.3. The first-order valence-corrected chi connectivity index (χ1v) is 9.64. The van der Waals surface area contributed by atoms with Crippen molar-refractivity contribution in [2.24, 2.45) is 0 Å². The van der Waals surface area contributed by atoms with Crippen LogP contribution in [0.1, 0.15) is 21.6 Å². The van der Waals surface area contributed by atoms with Crippen LogP contribution in [0.15, 0.2) is 30.6 Å². The highest BCUT2D eigenvalue weighted by molar-refractivity contribution is 7.18. The van der Waals surface area contributed by atoms with Crippen LogP contribution < -0.4 is 4.90 Å². The van der Waals surface area contributed by atoms with E-state index >= 15 is 0 Å². The summed E-state index contributed by atoms with van der Waals surface area (Å²) >= 11 is 1.75. The molecular weight excluding hydrogens is 342 g/mol. The van der Waals surface area contributed by atoms with Gasteiger partial charge in [0.1, 0.15) is 17.0 Å². The first-order valence-electron chi connectivity index (χ1n) is 8.83. The number of benzene rings is 1. The zero-order valence-electron chi connectivity index (χ0n) is 15.1. The Balaban J connectivity index is 1.46. The summed E-state index contributed by atoms with van der Waals surface area (Å²) < 4.78 is 0. The van der Waals surface area contributed by atoms with Crippen LogP contribution in [0, 0.1) is 25.2 Å². The fourth-order valence-electron chi connectivity index (χ4n) is 3.46. The van der Waals surface area contributed by atoms with Gasteiger partial charge in [-0.05, 0) is 37.1 Å². The van der Waals surface area contributed by atoms with Crippen molar-refractivity contribution in [3.63, 3.8) is 0 Å². The molecule has 0 bridgehead atoms. The number of thiophene rings is 1. The minimum atomic E-state index is 0.716. The van der Waals surface area contributed by atoms with Crippen molar-refractivity contribution >= 4 is 27.4 Å². The number of rotatable bonds is 3. The van der Waals surface area contributed by atoms with Crippen LogP contribution >= 0.6 is 11.3 Å². The summed E-state index contributed by atoms with van der Waals surface area (Å²) in [5.74, 6) is 1.08. The van der Waals surface area contributed by atoms with Crippen LogP contribution in [0.25, 0.3) is 10.2 Å². The second kappa shape index (κ2) is 7.02. The zero-order valence-corrected chi connectivity index (χ0v) is 15.9. The second-order valence-corrected chi connectivity index (χ2v) is 7.94. The van der Waals surface area contributed by atoms with Crippen LogP contribution in [0.5, 0.6) is 0 Å². The third-order valence-corrected chi connectivity index (χ3v) is 6.22. The van der Waals surface area contributed by atoms with E-state index in [0.717, 1.165) is 43.4 Å². The molecule has 1 aromatic carbocycles. The predicted molar refractivity (Wildman–Crippen MR) is 106 cm³/mol. The van der Waals surface area contributed by atoms with E-state index in [4.69, 9.17) is 5.26 Å². The van der Waals surface area contributed by atoms with Crippen molar-refractivity contribution in [3.05, 3.63) is 52.2 Å². The summed E-state index contributed by atoms with van der Waals surface area (Å²) in [4.78, 5) is 16.3. The summed E-state index contributed by atoms with van der Waals surface area (Å²) in [7, 11) is 0. The molecule has 0 amide bonds. The summed E-state index contributed by atoms with van der Waals surface area (Å²) in [5.41, 5.74) is 3.28. The first kappa shape index (κ1) is 17.0. The highest BCUT2D eigenvalue weighted by Crippen LogP contribution is 2.34. The van der Waals surface area contributed by atoms with Gasteiger partial charge in [0.05, 0.1) is 17.0 Å². The first-order chi connectivity index (χ1) is 12.7. The van der Waals surface area contributed by atoms with Crippen molar-refractivity contribution in [2.45, 2.75) is 20.4 Å². The quantitative estimate of drug-likeness (QED) is 0.713. The zero-order chi connectivity index (χ0) is 18.1. The van der Waals surface area contributed by atoms with E-state index in [1.165, 1.54) is 21.4 Å². The summed E-state index contributed by atoms with van der Waals surface area (Å²) in [6.45, 7) is 9.20. The van der Waals surface area contributed by atoms with Crippen molar-refractivity contribution in [2.75, 3.05) is 31.1 Å². The van der Waals surface area contributed by atoms with E-state index < -0.39 is 0 Å². The lowest BCUT2D eigenvalue weighted by molar-refractivity contribution is 0.249. The molecule has 0 atom stereocenters. The molecule has 0 radical (unpaired) electrons. The standard InChI is InChI=1S/C20H21N5S/c1-14-15(2)26-20-18(14)19(22-13-23-20)25-9-7-24(8-10-25)12-17-5-3-16(11-21)4-6-17/h3-6,13H,7-10,12H2,1-2H3. The summed E-state index contributed by atoms with van der Waals surface area (Å²) in [6.07, 6.45) is 1.69. The van der Waals surface area contributed by atoms with Gasteiger partial charge in [-0.25, -0.2) is 9.97 Å². The Bertz CT molecular complexity index is 962. The largest absolute Gasteiger partial charge is 0.353 e. The van der Waals surface area contributed by atoms with Crippen LogP contribution in [0.2, 0.25) is 0 Å². The van der Waals surface area contributed by atoms with E-state index in [0.29, 0.717) is 5.56 Å². The van der Waals surface area contributed by atoms with E-state index in [9.17, 15) is 0 Å². The molecule has 0 aliphatic carbocycles. The molecule has 1 aliphatic rings. The van der Waals surface area contributed by atoms with Crippen molar-refractivity contribution < 1.29 is 0 Å². The molecule has 2 aromatic heterocycles. The van der Waals surface area contributed by atoms with Crippen molar-refractivity contribution in [3.8, 4) is 6.07 Å². The maximum Gasteiger partial charge on any atom is 0.141 e. The molecule has 1 fully saturated rings. The Kier molecular flexibility index (Phi) is 4.58. The van der Waals surface area contributed by atoms with Crippen LogP contribution in [-0.2, 0) is 6.54 Å². The fraction of sp³-hybridized carbons (Fsp3) is 0.350. The van der Waals surface area contributed by atoms with Gasteiger partial charge in [0.25, 0.3) is 0 Å². The van der Waals surface area contributed by atoms with Crippen molar-refractivity contribution in [1.29, 1.82) is 5.26 Å². The van der Waals surface area contributed by atoms with E-state index in [1.54, 1.807) is 17.7 Å². The molecule has 1 aliphatic heterocycles. The lowest BCUT2D eigenvalue weighted by Crippen LogP contribution is -2.46. The van der Waals surface area contributed by atoms with Gasteiger partial charge in [0, 0.05) is 37.6 Å². The second-order valence-electron chi connectivity index (χ2n) is 6.73. The molecule has 3 aromatic rings. The minimum Gasteiger partial charge on any atom is -0.353 e. The van der Waals surface area contributed by atoms with Gasteiger partial charge in [0.15, 0.2) is 0 Å². The lowest BCUT2D eigenvalue weighted by Gasteiger charge is -2.35. The summed E-state index contributed by atoms with van der Waals surface area (Å²) in [6, 6.07) is 10.1. The van der Waals surface area contributed by atoms with Gasteiger partial charge < -0.3 is 4.90 Å². The van der Waals surface area contributed by atoms with Gasteiger partial charge in [-0.3, -0.25) is 4.90 Å². The van der Waals surface area contributed by atoms with Gasteiger partial charge in [0.2, 0.25) is 0 Å². The molecule has 0 saturated carbocycles. The Morgan fingerprint density at radius 1 is 1.08 bits per heavy atom. The lowest BCUT2D eigenvalue weighted by atomic mass is 10.1. The Labute approximate surface area is 157 Å². The topological polar surface area (TPSA) is 56.1 Å². The van der Waals surface area contributed by atoms with E-state index in [1.807, 2.05) is 12.1 Å². The third-order valence-electron chi connectivity index (χ3n) is 5.11. The molecular formula is C20H21N5S. The number of hydrogen-bond acceptors (Lipinski definition) is 6. The molecule has 3 heterocycles. The number of nitrogens with zero attached hydrogens (tertiary/aromatic N) is 5. The van der Waals surface area contributed by atoms with E-state index in [-0.39, 0.29) is 0 Å². The van der Waals surface area contributed by atoms with Gasteiger partial charge in [-0.2, -0.15) is 5.26 Å². The molecule has 0 spiro atoms. The molecule has 132 valence electrons. The van der Waals surface area contributed by atoms with Crippen molar-refractivity contribution in [1.82, 2.24) is 14.9 Å². The van der Waals surface area contributed by atoms with Gasteiger partial charge in [-0.1, -0.05) is 12.1 Å². The predicted octanol–water partition coefficient (Wildman–Crippen LogP) is 3.50. The number of fused-ring (bicyclic) bond motifs is 1. The average molecular weight is 363 g/mol. The monoisotopic (exact) mass is 363 g/mol. The molecule has 6 heteroatoms. The summed E-state index contributed by atoms with van der Waals surface area (Å²) in [5, 5.41) is 10.1. The number of aromatic nitrogens is 2. The van der Waals surface area contributed by atoms with Crippen LogP contribution in [-0.4, -0.2) is 41.0 Å². The maximum atomic E-state index is 8.91. The maximum absolute atomic E-state index is 8.91. The molecule has 0 unspecified atom stereocenters. The molecule has 26 heavy (non-hydrogen) atoms. The molecule has 1 saturated heterocycles. The van der Waals surface area contributed by atoms with E-state index in [2.05, 4.69) is 51.8 Å². The Morgan fingerprint density at radius 3 is 2.50 bits per heavy atom. The Hall–Kier alpha value is -2.49. The highest BCUT2D eigenvalue weighted by atomic mass is 32.1. The smallest absolute Gasteiger partial charge is 0.141 e. The van der Waals surface area contributed by atoms with Crippen LogP contribution in [0.4, 0.5) is 5.82 Å². The minimum absolute atomic E-state index is 0.716. The average Bonchev–Trinajstić information content (AvgIpc) is 2.97. The third kappa shape index (κ3) is 3.16. The van der Waals surface area contributed by atoms with Gasteiger partial charge in [-0.15, -0.1) is 11.3 Å². The van der Waals surface area contributed by atoms with Gasteiger partial charge >= 0.3 is 0 Å².